The van der Waals surface area contributed by atoms with Gasteiger partial charge >= 0.3 is 0 Å². The standard InChI is InChI=1S/C11H18O2S/c1-2-11(12)8-6-9-4-3-5-10(7-8)14(9)13/h8-10H,2-7H2,1H3. The Bertz CT molecular complexity index is 246. The van der Waals surface area contributed by atoms with E-state index in [1.807, 2.05) is 6.92 Å². The van der Waals surface area contributed by atoms with Crippen molar-refractivity contribution in [3.8, 4) is 0 Å². The lowest BCUT2D eigenvalue weighted by molar-refractivity contribution is -0.123. The molecule has 2 aliphatic rings. The van der Waals surface area contributed by atoms with Crippen molar-refractivity contribution >= 4 is 16.6 Å². The zero-order valence-corrected chi connectivity index (χ0v) is 9.52. The summed E-state index contributed by atoms with van der Waals surface area (Å²) in [6, 6.07) is 0. The normalized spacial score (nSPS) is 42.1. The van der Waals surface area contributed by atoms with E-state index < -0.39 is 10.8 Å². The van der Waals surface area contributed by atoms with Crippen LogP contribution in [0.1, 0.15) is 45.4 Å². The number of ketones is 1. The van der Waals surface area contributed by atoms with Crippen molar-refractivity contribution < 1.29 is 9.00 Å². The molecule has 0 aliphatic carbocycles. The summed E-state index contributed by atoms with van der Waals surface area (Å²) >= 11 is 0. The van der Waals surface area contributed by atoms with Crippen LogP contribution in [0.25, 0.3) is 0 Å². The van der Waals surface area contributed by atoms with Gasteiger partial charge in [0.15, 0.2) is 0 Å². The van der Waals surface area contributed by atoms with Crippen LogP contribution in [0.15, 0.2) is 0 Å². The first-order valence-electron chi connectivity index (χ1n) is 5.64. The Morgan fingerprint density at radius 2 is 1.86 bits per heavy atom. The van der Waals surface area contributed by atoms with Crippen LogP contribution in [0, 0.1) is 5.92 Å². The number of carbonyl (C=O) groups is 1. The third kappa shape index (κ3) is 1.79. The van der Waals surface area contributed by atoms with Gasteiger partial charge in [-0.05, 0) is 25.7 Å². The highest BCUT2D eigenvalue weighted by Crippen LogP contribution is 2.37. The summed E-state index contributed by atoms with van der Waals surface area (Å²) in [4.78, 5) is 11.6. The van der Waals surface area contributed by atoms with Crippen LogP contribution >= 0.6 is 0 Å². The van der Waals surface area contributed by atoms with Gasteiger partial charge in [0.1, 0.15) is 5.78 Å². The summed E-state index contributed by atoms with van der Waals surface area (Å²) in [7, 11) is -0.627. The third-order valence-corrected chi connectivity index (χ3v) is 5.78. The first-order valence-corrected chi connectivity index (χ1v) is 6.92. The Kier molecular flexibility index (Phi) is 3.05. The molecule has 0 aromatic rings. The molecule has 0 amide bonds. The minimum atomic E-state index is -0.627. The molecule has 2 saturated heterocycles. The Balaban J connectivity index is 2.07. The Morgan fingerprint density at radius 3 is 2.36 bits per heavy atom. The molecule has 0 aromatic carbocycles. The average molecular weight is 214 g/mol. The minimum absolute atomic E-state index is 0.230. The first-order chi connectivity index (χ1) is 6.72. The monoisotopic (exact) mass is 214 g/mol. The molecule has 2 bridgehead atoms. The fourth-order valence-corrected chi connectivity index (χ4v) is 4.97. The molecule has 0 aromatic heterocycles. The van der Waals surface area contributed by atoms with Gasteiger partial charge in [0.25, 0.3) is 0 Å². The van der Waals surface area contributed by atoms with Crippen LogP contribution in [-0.2, 0) is 15.6 Å². The second-order valence-corrected chi connectivity index (χ2v) is 6.48. The number of carbonyl (C=O) groups excluding carboxylic acids is 1. The first kappa shape index (κ1) is 10.3. The van der Waals surface area contributed by atoms with E-state index in [9.17, 15) is 9.00 Å². The molecule has 80 valence electrons. The summed E-state index contributed by atoms with van der Waals surface area (Å²) in [5.41, 5.74) is 0. The molecule has 2 atom stereocenters. The highest BCUT2D eigenvalue weighted by Gasteiger charge is 2.39. The van der Waals surface area contributed by atoms with Crippen molar-refractivity contribution in [1.29, 1.82) is 0 Å². The summed E-state index contributed by atoms with van der Waals surface area (Å²) in [5, 5.41) is 0.672. The number of hydrogen-bond acceptors (Lipinski definition) is 2. The topological polar surface area (TPSA) is 34.1 Å². The third-order valence-electron chi connectivity index (χ3n) is 3.61. The minimum Gasteiger partial charge on any atom is -0.299 e. The Morgan fingerprint density at radius 1 is 1.29 bits per heavy atom. The van der Waals surface area contributed by atoms with Gasteiger partial charge in [0.05, 0.1) is 0 Å². The number of rotatable bonds is 2. The fourth-order valence-electron chi connectivity index (χ4n) is 2.79. The lowest BCUT2D eigenvalue weighted by Crippen LogP contribution is -2.41. The van der Waals surface area contributed by atoms with Gasteiger partial charge in [-0.25, -0.2) is 0 Å². The molecule has 0 spiro atoms. The molecule has 0 N–H and O–H groups in total. The van der Waals surface area contributed by atoms with Crippen LogP contribution in [0.5, 0.6) is 0 Å². The molecule has 3 heteroatoms. The smallest absolute Gasteiger partial charge is 0.135 e. The number of hydrogen-bond donors (Lipinski definition) is 0. The van der Waals surface area contributed by atoms with Gasteiger partial charge in [0, 0.05) is 33.6 Å². The van der Waals surface area contributed by atoms with Gasteiger partial charge < -0.3 is 0 Å². The van der Waals surface area contributed by atoms with Crippen LogP contribution in [0.3, 0.4) is 0 Å². The van der Waals surface area contributed by atoms with E-state index in [2.05, 4.69) is 0 Å². The van der Waals surface area contributed by atoms with Gasteiger partial charge in [0.2, 0.25) is 0 Å². The van der Waals surface area contributed by atoms with Gasteiger partial charge in [-0.3, -0.25) is 9.00 Å². The molecule has 14 heavy (non-hydrogen) atoms. The van der Waals surface area contributed by atoms with Crippen LogP contribution in [0.2, 0.25) is 0 Å². The van der Waals surface area contributed by atoms with Crippen LogP contribution < -0.4 is 0 Å². The molecule has 0 radical (unpaired) electrons. The second kappa shape index (κ2) is 4.13. The molecule has 2 fully saturated rings. The Labute approximate surface area is 87.9 Å². The maximum atomic E-state index is 11.9. The van der Waals surface area contributed by atoms with E-state index in [-0.39, 0.29) is 5.92 Å². The zero-order chi connectivity index (χ0) is 10.1. The molecular formula is C11H18O2S. The molecule has 2 heterocycles. The lowest BCUT2D eigenvalue weighted by atomic mass is 9.86. The van der Waals surface area contributed by atoms with Gasteiger partial charge in [-0.2, -0.15) is 0 Å². The summed E-state index contributed by atoms with van der Waals surface area (Å²) < 4.78 is 11.9. The average Bonchev–Trinajstić information content (AvgIpc) is 2.16. The van der Waals surface area contributed by atoms with Crippen molar-refractivity contribution in [3.05, 3.63) is 0 Å². The summed E-state index contributed by atoms with van der Waals surface area (Å²) in [6.45, 7) is 1.93. The lowest BCUT2D eigenvalue weighted by Gasteiger charge is -2.37. The maximum Gasteiger partial charge on any atom is 0.135 e. The van der Waals surface area contributed by atoms with Crippen LogP contribution in [0.4, 0.5) is 0 Å². The second-order valence-electron chi connectivity index (χ2n) is 4.49. The molecule has 0 saturated carbocycles. The summed E-state index contributed by atoms with van der Waals surface area (Å²) in [5.74, 6) is 0.617. The van der Waals surface area contributed by atoms with Crippen molar-refractivity contribution in [1.82, 2.24) is 0 Å². The molecule has 2 unspecified atom stereocenters. The van der Waals surface area contributed by atoms with E-state index in [0.29, 0.717) is 22.7 Å². The highest BCUT2D eigenvalue weighted by atomic mass is 32.2. The SMILES string of the molecule is CCC(=O)C1CC2CCCC(C1)S2=O. The number of fused-ring (bicyclic) bond motifs is 2. The molecular weight excluding hydrogens is 196 g/mol. The van der Waals surface area contributed by atoms with Gasteiger partial charge in [-0.1, -0.05) is 13.3 Å². The van der Waals surface area contributed by atoms with Crippen LogP contribution in [-0.4, -0.2) is 20.5 Å². The van der Waals surface area contributed by atoms with E-state index in [1.54, 1.807) is 0 Å². The largest absolute Gasteiger partial charge is 0.299 e. The molecule has 2 aliphatic heterocycles. The van der Waals surface area contributed by atoms with Crippen molar-refractivity contribution in [2.24, 2.45) is 5.92 Å². The molecule has 2 nitrogen and oxygen atoms in total. The van der Waals surface area contributed by atoms with Crippen molar-refractivity contribution in [2.75, 3.05) is 0 Å². The quantitative estimate of drug-likeness (QED) is 0.705. The van der Waals surface area contributed by atoms with Crippen molar-refractivity contribution in [2.45, 2.75) is 55.9 Å². The maximum absolute atomic E-state index is 11.9. The predicted molar refractivity (Wildman–Crippen MR) is 57.6 cm³/mol. The van der Waals surface area contributed by atoms with Crippen molar-refractivity contribution in [3.63, 3.8) is 0 Å². The summed E-state index contributed by atoms with van der Waals surface area (Å²) in [6.07, 6.45) is 5.82. The highest BCUT2D eigenvalue weighted by molar-refractivity contribution is 7.86. The van der Waals surface area contributed by atoms with E-state index in [0.717, 1.165) is 25.7 Å². The van der Waals surface area contributed by atoms with E-state index >= 15 is 0 Å². The molecule has 2 rings (SSSR count). The van der Waals surface area contributed by atoms with E-state index in [4.69, 9.17) is 0 Å². The Hall–Kier alpha value is -0.180. The fraction of sp³-hybridized carbons (Fsp3) is 0.909. The van der Waals surface area contributed by atoms with E-state index in [1.165, 1.54) is 6.42 Å². The number of Topliss-reactive ketones (excluding diaryl/α,β-unsaturated/α-hetero) is 1. The zero-order valence-electron chi connectivity index (χ0n) is 8.70. The predicted octanol–water partition coefficient (Wildman–Crippen LogP) is 2.05. The van der Waals surface area contributed by atoms with Gasteiger partial charge in [-0.15, -0.1) is 0 Å².